The van der Waals surface area contributed by atoms with Crippen LogP contribution in [0.4, 0.5) is 0 Å². The Balaban J connectivity index is 2.19. The van der Waals surface area contributed by atoms with Gasteiger partial charge in [0.25, 0.3) is 0 Å². The van der Waals surface area contributed by atoms with Crippen molar-refractivity contribution in [3.8, 4) is 5.88 Å². The molecular weight excluding hydrogens is 228 g/mol. The minimum Gasteiger partial charge on any atom is -0.475 e. The molecule has 0 saturated carbocycles. The van der Waals surface area contributed by atoms with E-state index in [1.54, 1.807) is 25.4 Å². The number of aromatic nitrogens is 1. The van der Waals surface area contributed by atoms with Gasteiger partial charge in [0.15, 0.2) is 0 Å². The quantitative estimate of drug-likeness (QED) is 0.742. The lowest BCUT2D eigenvalue weighted by Gasteiger charge is -2.12. The normalized spacial score (nSPS) is 12.4. The van der Waals surface area contributed by atoms with Crippen molar-refractivity contribution >= 4 is 11.6 Å². The molecule has 1 heterocycles. The third kappa shape index (κ3) is 4.79. The first-order valence-electron chi connectivity index (χ1n) is 5.19. The van der Waals surface area contributed by atoms with E-state index in [0.29, 0.717) is 30.2 Å². The van der Waals surface area contributed by atoms with Crippen molar-refractivity contribution in [2.75, 3.05) is 26.9 Å². The topological polar surface area (TPSA) is 43.4 Å². The van der Waals surface area contributed by atoms with Crippen LogP contribution in [0.25, 0.3) is 0 Å². The summed E-state index contributed by atoms with van der Waals surface area (Å²) in [6.07, 6.45) is 1.65. The molecule has 0 amide bonds. The van der Waals surface area contributed by atoms with Crippen LogP contribution in [0.15, 0.2) is 18.3 Å². The Morgan fingerprint density at radius 1 is 1.56 bits per heavy atom. The van der Waals surface area contributed by atoms with Gasteiger partial charge in [-0.05, 0) is 19.1 Å². The van der Waals surface area contributed by atoms with Crippen LogP contribution in [-0.4, -0.2) is 37.9 Å². The largest absolute Gasteiger partial charge is 0.475 e. The van der Waals surface area contributed by atoms with Crippen molar-refractivity contribution < 1.29 is 9.47 Å². The monoisotopic (exact) mass is 244 g/mol. The van der Waals surface area contributed by atoms with Crippen LogP contribution in [0.1, 0.15) is 6.92 Å². The molecule has 1 rings (SSSR count). The highest BCUT2D eigenvalue weighted by atomic mass is 35.5. The molecule has 0 aliphatic carbocycles. The standard InChI is InChI=1S/C11H17ClN2O2/c1-9(8-15-2)13-6-7-16-11-10(12)4-3-5-14-11/h3-5,9,13H,6-8H2,1-2H3. The highest BCUT2D eigenvalue weighted by Crippen LogP contribution is 2.19. The maximum atomic E-state index is 5.89. The van der Waals surface area contributed by atoms with Crippen molar-refractivity contribution in [2.24, 2.45) is 0 Å². The van der Waals surface area contributed by atoms with Gasteiger partial charge in [0, 0.05) is 25.9 Å². The van der Waals surface area contributed by atoms with Crippen molar-refractivity contribution in [3.05, 3.63) is 23.4 Å². The Morgan fingerprint density at radius 2 is 2.38 bits per heavy atom. The summed E-state index contributed by atoms with van der Waals surface area (Å²) in [5.41, 5.74) is 0. The number of nitrogens with one attached hydrogen (secondary N) is 1. The van der Waals surface area contributed by atoms with E-state index in [0.717, 1.165) is 6.54 Å². The molecule has 1 aromatic rings. The third-order valence-electron chi connectivity index (χ3n) is 1.98. The summed E-state index contributed by atoms with van der Waals surface area (Å²) in [5.74, 6) is 0.477. The number of rotatable bonds is 7. The van der Waals surface area contributed by atoms with E-state index in [9.17, 15) is 0 Å². The smallest absolute Gasteiger partial charge is 0.232 e. The van der Waals surface area contributed by atoms with Crippen LogP contribution in [0.5, 0.6) is 5.88 Å². The molecule has 16 heavy (non-hydrogen) atoms. The SMILES string of the molecule is COCC(C)NCCOc1ncccc1Cl. The molecule has 4 nitrogen and oxygen atoms in total. The molecule has 1 unspecified atom stereocenters. The van der Waals surface area contributed by atoms with Gasteiger partial charge in [0.2, 0.25) is 5.88 Å². The van der Waals surface area contributed by atoms with Crippen molar-refractivity contribution in [3.63, 3.8) is 0 Å². The maximum absolute atomic E-state index is 5.89. The number of halogens is 1. The van der Waals surface area contributed by atoms with Crippen LogP contribution in [0.3, 0.4) is 0 Å². The van der Waals surface area contributed by atoms with E-state index in [-0.39, 0.29) is 0 Å². The molecule has 0 aliphatic rings. The first-order valence-corrected chi connectivity index (χ1v) is 5.57. The summed E-state index contributed by atoms with van der Waals surface area (Å²) in [6, 6.07) is 3.84. The van der Waals surface area contributed by atoms with Gasteiger partial charge in [0.05, 0.1) is 6.61 Å². The lowest BCUT2D eigenvalue weighted by Crippen LogP contribution is -2.33. The van der Waals surface area contributed by atoms with Crippen molar-refractivity contribution in [1.82, 2.24) is 10.3 Å². The number of pyridine rings is 1. The van der Waals surface area contributed by atoms with Crippen LogP contribution in [-0.2, 0) is 4.74 Å². The molecule has 1 atom stereocenters. The highest BCUT2D eigenvalue weighted by Gasteiger charge is 2.02. The molecule has 1 aromatic heterocycles. The van der Waals surface area contributed by atoms with Gasteiger partial charge in [-0.25, -0.2) is 4.98 Å². The van der Waals surface area contributed by atoms with Gasteiger partial charge in [-0.2, -0.15) is 0 Å². The Bertz CT molecular complexity index is 310. The molecule has 0 radical (unpaired) electrons. The maximum Gasteiger partial charge on any atom is 0.232 e. The molecule has 0 aliphatic heterocycles. The van der Waals surface area contributed by atoms with Crippen molar-refractivity contribution in [2.45, 2.75) is 13.0 Å². The summed E-state index contributed by atoms with van der Waals surface area (Å²) in [4.78, 5) is 4.02. The zero-order valence-corrected chi connectivity index (χ0v) is 10.3. The lowest BCUT2D eigenvalue weighted by molar-refractivity contribution is 0.168. The van der Waals surface area contributed by atoms with E-state index in [4.69, 9.17) is 21.1 Å². The predicted molar refractivity (Wildman–Crippen MR) is 64.1 cm³/mol. The first-order chi connectivity index (χ1) is 7.74. The molecular formula is C11H17ClN2O2. The Kier molecular flexibility index (Phi) is 6.15. The first kappa shape index (κ1) is 13.2. The van der Waals surface area contributed by atoms with E-state index in [2.05, 4.69) is 17.2 Å². The van der Waals surface area contributed by atoms with Crippen molar-refractivity contribution in [1.29, 1.82) is 0 Å². The zero-order chi connectivity index (χ0) is 11.8. The molecule has 0 fully saturated rings. The fourth-order valence-electron chi connectivity index (χ4n) is 1.24. The molecule has 0 aromatic carbocycles. The van der Waals surface area contributed by atoms with Crippen LogP contribution in [0, 0.1) is 0 Å². The predicted octanol–water partition coefficient (Wildman–Crippen LogP) is 1.74. The highest BCUT2D eigenvalue weighted by molar-refractivity contribution is 6.31. The molecule has 1 N–H and O–H groups in total. The van der Waals surface area contributed by atoms with Gasteiger partial charge < -0.3 is 14.8 Å². The number of methoxy groups -OCH3 is 1. The lowest BCUT2D eigenvalue weighted by atomic mass is 10.3. The molecule has 0 bridgehead atoms. The van der Waals surface area contributed by atoms with E-state index in [1.165, 1.54) is 0 Å². The zero-order valence-electron chi connectivity index (χ0n) is 9.57. The summed E-state index contributed by atoms with van der Waals surface area (Å²) in [6.45, 7) is 4.00. The third-order valence-corrected chi connectivity index (χ3v) is 2.26. The molecule has 0 spiro atoms. The Hall–Kier alpha value is -0.840. The number of hydrogen-bond donors (Lipinski definition) is 1. The average molecular weight is 245 g/mol. The number of hydrogen-bond acceptors (Lipinski definition) is 4. The minimum absolute atomic E-state index is 0.313. The van der Waals surface area contributed by atoms with Crippen LogP contribution >= 0.6 is 11.6 Å². The van der Waals surface area contributed by atoms with Gasteiger partial charge in [0.1, 0.15) is 11.6 Å². The van der Waals surface area contributed by atoms with E-state index < -0.39 is 0 Å². The summed E-state index contributed by atoms with van der Waals surface area (Å²) >= 11 is 5.89. The Morgan fingerprint density at radius 3 is 3.06 bits per heavy atom. The van der Waals surface area contributed by atoms with E-state index in [1.807, 2.05) is 0 Å². The minimum atomic E-state index is 0.313. The average Bonchev–Trinajstić information content (AvgIpc) is 2.27. The second-order valence-corrected chi connectivity index (χ2v) is 3.86. The van der Waals surface area contributed by atoms with Gasteiger partial charge in [-0.1, -0.05) is 11.6 Å². The summed E-state index contributed by atoms with van der Waals surface area (Å²) < 4.78 is 10.4. The fourth-order valence-corrected chi connectivity index (χ4v) is 1.42. The van der Waals surface area contributed by atoms with Gasteiger partial charge in [-0.3, -0.25) is 0 Å². The summed E-state index contributed by atoms with van der Waals surface area (Å²) in [5, 5.41) is 3.79. The second-order valence-electron chi connectivity index (χ2n) is 3.45. The fraction of sp³-hybridized carbons (Fsp3) is 0.545. The van der Waals surface area contributed by atoms with E-state index >= 15 is 0 Å². The molecule has 0 saturated heterocycles. The molecule has 5 heteroatoms. The van der Waals surface area contributed by atoms with Crippen LogP contribution in [0.2, 0.25) is 5.02 Å². The summed E-state index contributed by atoms with van der Waals surface area (Å²) in [7, 11) is 1.68. The van der Waals surface area contributed by atoms with Crippen LogP contribution < -0.4 is 10.1 Å². The second kappa shape index (κ2) is 7.44. The number of ether oxygens (including phenoxy) is 2. The number of nitrogens with zero attached hydrogens (tertiary/aromatic N) is 1. The van der Waals surface area contributed by atoms with Gasteiger partial charge in [-0.15, -0.1) is 0 Å². The molecule has 90 valence electrons. The Labute approximate surface area is 101 Å². The van der Waals surface area contributed by atoms with Gasteiger partial charge >= 0.3 is 0 Å².